The molecule has 1 aromatic rings. The monoisotopic (exact) mass is 290 g/mol. The fourth-order valence-electron chi connectivity index (χ4n) is 1.75. The second-order valence-electron chi connectivity index (χ2n) is 4.95. The molecule has 0 fully saturated rings. The molecule has 1 rings (SSSR count). The van der Waals surface area contributed by atoms with E-state index in [1.54, 1.807) is 0 Å². The van der Waals surface area contributed by atoms with E-state index in [4.69, 9.17) is 0 Å². The van der Waals surface area contributed by atoms with Crippen LogP contribution in [0.1, 0.15) is 50.4 Å². The lowest BCUT2D eigenvalue weighted by molar-refractivity contribution is 0.470. The van der Waals surface area contributed by atoms with E-state index in [2.05, 4.69) is 23.6 Å². The van der Waals surface area contributed by atoms with Gasteiger partial charge in [-0.05, 0) is 25.7 Å². The third-order valence-corrected chi connectivity index (χ3v) is 5.10. The van der Waals surface area contributed by atoms with Crippen LogP contribution in [0.5, 0.6) is 0 Å². The van der Waals surface area contributed by atoms with Gasteiger partial charge in [-0.3, -0.25) is 0 Å². The van der Waals surface area contributed by atoms with Gasteiger partial charge in [0.1, 0.15) is 5.01 Å². The minimum absolute atomic E-state index is 0.173. The summed E-state index contributed by atoms with van der Waals surface area (Å²) in [7, 11) is -3.20. The number of nitrogens with zero attached hydrogens (tertiary/aromatic N) is 1. The largest absolute Gasteiger partial charge is 0.245 e. The highest BCUT2D eigenvalue weighted by Gasteiger charge is 2.22. The molecule has 4 nitrogen and oxygen atoms in total. The van der Waals surface area contributed by atoms with Crippen LogP contribution < -0.4 is 4.72 Å². The zero-order chi connectivity index (χ0) is 13.8. The van der Waals surface area contributed by atoms with E-state index in [0.29, 0.717) is 12.3 Å². The third kappa shape index (κ3) is 5.04. The number of rotatable bonds is 7. The van der Waals surface area contributed by atoms with E-state index in [-0.39, 0.29) is 11.8 Å². The van der Waals surface area contributed by atoms with Crippen LogP contribution in [0.3, 0.4) is 0 Å². The first-order valence-corrected chi connectivity index (χ1v) is 8.79. The van der Waals surface area contributed by atoms with Crippen LogP contribution in [0.15, 0.2) is 5.38 Å². The molecule has 0 saturated heterocycles. The van der Waals surface area contributed by atoms with Gasteiger partial charge in [0, 0.05) is 11.1 Å². The molecule has 1 unspecified atom stereocenters. The minimum atomic E-state index is -3.20. The Morgan fingerprint density at radius 1 is 1.44 bits per heavy atom. The quantitative estimate of drug-likeness (QED) is 0.840. The van der Waals surface area contributed by atoms with Crippen LogP contribution in [0, 0.1) is 12.8 Å². The zero-order valence-corrected chi connectivity index (χ0v) is 13.1. The van der Waals surface area contributed by atoms with Crippen molar-refractivity contribution in [2.45, 2.75) is 46.6 Å². The molecule has 18 heavy (non-hydrogen) atoms. The van der Waals surface area contributed by atoms with Crippen LogP contribution in [0.25, 0.3) is 0 Å². The summed E-state index contributed by atoms with van der Waals surface area (Å²) in [6, 6.07) is -0.194. The van der Waals surface area contributed by atoms with Crippen molar-refractivity contribution in [3.8, 4) is 0 Å². The van der Waals surface area contributed by atoms with E-state index in [1.807, 2.05) is 19.2 Å². The van der Waals surface area contributed by atoms with Crippen LogP contribution in [-0.2, 0) is 10.0 Å². The van der Waals surface area contributed by atoms with E-state index >= 15 is 0 Å². The molecule has 0 aliphatic rings. The average molecular weight is 290 g/mol. The van der Waals surface area contributed by atoms with Gasteiger partial charge in [0.25, 0.3) is 0 Å². The molecule has 0 bridgehead atoms. The van der Waals surface area contributed by atoms with Gasteiger partial charge in [-0.1, -0.05) is 20.8 Å². The highest BCUT2D eigenvalue weighted by molar-refractivity contribution is 7.89. The lowest BCUT2D eigenvalue weighted by atomic mass is 10.1. The molecule has 0 aliphatic carbocycles. The molecule has 1 N–H and O–H groups in total. The van der Waals surface area contributed by atoms with Gasteiger partial charge in [0.05, 0.1) is 11.8 Å². The summed E-state index contributed by atoms with van der Waals surface area (Å²) in [5.41, 5.74) is 0.943. The number of nitrogens with one attached hydrogen (secondary N) is 1. The second-order valence-corrected chi connectivity index (χ2v) is 7.71. The predicted molar refractivity (Wildman–Crippen MR) is 76.3 cm³/mol. The molecular formula is C12H22N2O2S2. The summed E-state index contributed by atoms with van der Waals surface area (Å²) in [4.78, 5) is 4.40. The van der Waals surface area contributed by atoms with Gasteiger partial charge in [0.15, 0.2) is 0 Å². The smallest absolute Gasteiger partial charge is 0.212 e. The van der Waals surface area contributed by atoms with E-state index < -0.39 is 10.0 Å². The molecule has 1 aromatic heterocycles. The fraction of sp³-hybridized carbons (Fsp3) is 0.750. The highest BCUT2D eigenvalue weighted by atomic mass is 32.2. The number of aryl methyl sites for hydroxylation is 1. The van der Waals surface area contributed by atoms with Crippen molar-refractivity contribution < 1.29 is 8.42 Å². The molecule has 0 saturated carbocycles. The Kier molecular flexibility index (Phi) is 5.75. The van der Waals surface area contributed by atoms with Gasteiger partial charge in [0.2, 0.25) is 10.0 Å². The summed E-state index contributed by atoms with van der Waals surface area (Å²) in [6.45, 7) is 7.96. The molecule has 104 valence electrons. The van der Waals surface area contributed by atoms with Gasteiger partial charge in [-0.15, -0.1) is 11.3 Å². The van der Waals surface area contributed by atoms with E-state index in [1.165, 1.54) is 11.3 Å². The normalized spacial score (nSPS) is 14.1. The van der Waals surface area contributed by atoms with Crippen LogP contribution in [-0.4, -0.2) is 19.2 Å². The van der Waals surface area contributed by atoms with Crippen molar-refractivity contribution in [3.63, 3.8) is 0 Å². The summed E-state index contributed by atoms with van der Waals surface area (Å²) < 4.78 is 26.5. The van der Waals surface area contributed by atoms with Gasteiger partial charge >= 0.3 is 0 Å². The van der Waals surface area contributed by atoms with Crippen molar-refractivity contribution in [2.75, 3.05) is 5.75 Å². The molecule has 0 aromatic carbocycles. The fourth-order valence-corrected chi connectivity index (χ4v) is 3.98. The van der Waals surface area contributed by atoms with Gasteiger partial charge in [-0.25, -0.2) is 18.1 Å². The zero-order valence-electron chi connectivity index (χ0n) is 11.4. The Bertz CT molecular complexity index is 466. The van der Waals surface area contributed by atoms with Gasteiger partial charge < -0.3 is 0 Å². The first kappa shape index (κ1) is 15.6. The number of aromatic nitrogens is 1. The van der Waals surface area contributed by atoms with Crippen LogP contribution in [0.4, 0.5) is 0 Å². The van der Waals surface area contributed by atoms with Crippen molar-refractivity contribution in [1.82, 2.24) is 9.71 Å². The van der Waals surface area contributed by atoms with Crippen LogP contribution in [0.2, 0.25) is 0 Å². The third-order valence-electron chi connectivity index (χ3n) is 2.44. The topological polar surface area (TPSA) is 59.1 Å². The molecule has 0 aliphatic heterocycles. The Morgan fingerprint density at radius 2 is 2.11 bits per heavy atom. The SMILES string of the molecule is CCCS(=O)(=O)NC(CC(C)C)c1nc(C)cs1. The number of sulfonamides is 1. The first-order valence-electron chi connectivity index (χ1n) is 6.26. The Hall–Kier alpha value is -0.460. The average Bonchev–Trinajstić information content (AvgIpc) is 2.62. The summed E-state index contributed by atoms with van der Waals surface area (Å²) in [6.07, 6.45) is 1.40. The molecule has 1 heterocycles. The lowest BCUT2D eigenvalue weighted by Crippen LogP contribution is -2.31. The van der Waals surface area contributed by atoms with Gasteiger partial charge in [-0.2, -0.15) is 0 Å². The minimum Gasteiger partial charge on any atom is -0.245 e. The van der Waals surface area contributed by atoms with Crippen molar-refractivity contribution in [2.24, 2.45) is 5.92 Å². The van der Waals surface area contributed by atoms with Crippen LogP contribution >= 0.6 is 11.3 Å². The highest BCUT2D eigenvalue weighted by Crippen LogP contribution is 2.25. The molecule has 0 amide bonds. The number of thiazole rings is 1. The maximum Gasteiger partial charge on any atom is 0.212 e. The first-order chi connectivity index (χ1) is 8.34. The molecule has 0 spiro atoms. The Labute approximate surface area is 114 Å². The molecule has 0 radical (unpaired) electrons. The summed E-state index contributed by atoms with van der Waals surface area (Å²) >= 11 is 1.52. The lowest BCUT2D eigenvalue weighted by Gasteiger charge is -2.18. The number of hydrogen-bond acceptors (Lipinski definition) is 4. The molecule has 6 heteroatoms. The molecule has 1 atom stereocenters. The summed E-state index contributed by atoms with van der Waals surface area (Å²) in [5, 5.41) is 2.82. The Morgan fingerprint density at radius 3 is 2.56 bits per heavy atom. The maximum atomic E-state index is 11.9. The number of hydrogen-bond donors (Lipinski definition) is 1. The maximum absolute atomic E-state index is 11.9. The molecular weight excluding hydrogens is 268 g/mol. The van der Waals surface area contributed by atoms with Crippen molar-refractivity contribution >= 4 is 21.4 Å². The van der Waals surface area contributed by atoms with E-state index in [9.17, 15) is 8.42 Å². The Balaban J connectivity index is 2.86. The van der Waals surface area contributed by atoms with Crippen molar-refractivity contribution in [1.29, 1.82) is 0 Å². The second kappa shape index (κ2) is 6.63. The summed E-state index contributed by atoms with van der Waals surface area (Å²) in [5.74, 6) is 0.593. The predicted octanol–water partition coefficient (Wildman–Crippen LogP) is 2.87. The van der Waals surface area contributed by atoms with Crippen molar-refractivity contribution in [3.05, 3.63) is 16.1 Å². The standard InChI is InChI=1S/C12H22N2O2S2/c1-5-6-18(15,16)14-11(7-9(2)3)12-13-10(4)8-17-12/h8-9,11,14H,5-7H2,1-4H3. The van der Waals surface area contributed by atoms with E-state index in [0.717, 1.165) is 17.1 Å².